The quantitative estimate of drug-likeness (QED) is 0.342. The summed E-state index contributed by atoms with van der Waals surface area (Å²) in [4.78, 5) is 11.7. The molecule has 3 aromatic heterocycles. The van der Waals surface area contributed by atoms with Gasteiger partial charge in [-0.25, -0.2) is 9.97 Å². The molecule has 142 valence electrons. The van der Waals surface area contributed by atoms with Gasteiger partial charge in [0.25, 0.3) is 0 Å². The van der Waals surface area contributed by atoms with Gasteiger partial charge in [0.15, 0.2) is 0 Å². The van der Waals surface area contributed by atoms with Gasteiger partial charge in [-0.15, -0.1) is 0 Å². The van der Waals surface area contributed by atoms with E-state index in [-0.39, 0.29) is 0 Å². The molecule has 3 heterocycles. The van der Waals surface area contributed by atoms with Crippen LogP contribution in [-0.2, 0) is 13.1 Å². The predicted octanol–water partition coefficient (Wildman–Crippen LogP) is 5.85. The number of hydrogen-bond acceptors (Lipinski definition) is 3. The second kappa shape index (κ2) is 7.68. The molecule has 0 fully saturated rings. The molecule has 0 saturated heterocycles. The van der Waals surface area contributed by atoms with E-state index >= 15 is 0 Å². The number of hydrogen-bond donors (Lipinski definition) is 0. The van der Waals surface area contributed by atoms with Gasteiger partial charge in [0.2, 0.25) is 5.95 Å². The zero-order valence-electron chi connectivity index (χ0n) is 15.7. The van der Waals surface area contributed by atoms with Crippen LogP contribution in [-0.4, -0.2) is 14.4 Å². The van der Waals surface area contributed by atoms with Crippen molar-refractivity contribution in [2.75, 3.05) is 4.90 Å². The van der Waals surface area contributed by atoms with E-state index in [0.717, 1.165) is 40.1 Å². The third-order valence-electron chi connectivity index (χ3n) is 5.04. The lowest BCUT2D eigenvalue weighted by Gasteiger charge is -2.25. The summed E-state index contributed by atoms with van der Waals surface area (Å²) in [6.45, 7) is 1.51. The van der Waals surface area contributed by atoms with Crippen molar-refractivity contribution in [2.45, 2.75) is 13.1 Å². The summed E-state index contributed by atoms with van der Waals surface area (Å²) < 4.78 is 3.19. The van der Waals surface area contributed by atoms with E-state index in [9.17, 15) is 0 Å². The molecule has 0 radical (unpaired) electrons. The van der Waals surface area contributed by atoms with Gasteiger partial charge in [0, 0.05) is 30.9 Å². The normalized spacial score (nSPS) is 11.2. The minimum atomic E-state index is 0.756. The molecule has 2 aromatic carbocycles. The summed E-state index contributed by atoms with van der Waals surface area (Å²) in [6, 6.07) is 27.1. The smallest absolute Gasteiger partial charge is 0.212 e. The molecule has 0 bridgehead atoms. The first-order chi connectivity index (χ1) is 14.3. The van der Waals surface area contributed by atoms with Gasteiger partial charge in [-0.3, -0.25) is 4.40 Å². The van der Waals surface area contributed by atoms with Crippen molar-refractivity contribution in [3.63, 3.8) is 0 Å². The van der Waals surface area contributed by atoms with Gasteiger partial charge in [0.1, 0.15) is 5.65 Å². The van der Waals surface area contributed by atoms with Crippen LogP contribution in [0.5, 0.6) is 0 Å². The van der Waals surface area contributed by atoms with E-state index in [2.05, 4.69) is 84.8 Å². The highest BCUT2D eigenvalue weighted by molar-refractivity contribution is 9.10. The molecule has 0 aliphatic carbocycles. The Morgan fingerprint density at radius 1 is 0.724 bits per heavy atom. The Morgan fingerprint density at radius 2 is 1.38 bits per heavy atom. The lowest BCUT2D eigenvalue weighted by Crippen LogP contribution is -2.25. The molecule has 5 rings (SSSR count). The lowest BCUT2D eigenvalue weighted by atomic mass is 10.2. The summed E-state index contributed by atoms with van der Waals surface area (Å²) in [5, 5.41) is 1.08. The van der Waals surface area contributed by atoms with Crippen LogP contribution in [0.2, 0.25) is 0 Å². The molecule has 0 N–H and O–H groups in total. The first kappa shape index (κ1) is 17.9. The molecule has 0 unspecified atom stereocenters. The van der Waals surface area contributed by atoms with E-state index in [1.165, 1.54) is 11.1 Å². The highest BCUT2D eigenvalue weighted by Gasteiger charge is 2.18. The van der Waals surface area contributed by atoms with Gasteiger partial charge in [-0.1, -0.05) is 60.7 Å². The average molecular weight is 443 g/mol. The lowest BCUT2D eigenvalue weighted by molar-refractivity contribution is 0.757. The molecule has 0 saturated carbocycles. The largest absolute Gasteiger partial charge is 0.333 e. The number of nitrogens with zero attached hydrogens (tertiary/aromatic N) is 4. The Labute approximate surface area is 177 Å². The summed E-state index contributed by atoms with van der Waals surface area (Å²) in [5.41, 5.74) is 4.45. The standard InChI is InChI=1S/C24H19BrN4/c25-22-20-12-7-14-26-23(20)29-21(22)13-15-27-24(29)28(16-18-8-3-1-4-9-18)17-19-10-5-2-6-11-19/h1-15H,16-17H2. The number of aromatic nitrogens is 3. The molecule has 0 aliphatic rings. The Bertz CT molecular complexity index is 1220. The van der Waals surface area contributed by atoms with Crippen molar-refractivity contribution in [3.05, 3.63) is 107 Å². The van der Waals surface area contributed by atoms with Gasteiger partial charge in [-0.2, -0.15) is 0 Å². The third kappa shape index (κ3) is 3.38. The van der Waals surface area contributed by atoms with Crippen molar-refractivity contribution < 1.29 is 0 Å². The molecule has 5 heteroatoms. The summed E-state index contributed by atoms with van der Waals surface area (Å²) in [7, 11) is 0. The summed E-state index contributed by atoms with van der Waals surface area (Å²) in [6.07, 6.45) is 3.70. The average Bonchev–Trinajstić information content (AvgIpc) is 3.07. The van der Waals surface area contributed by atoms with Gasteiger partial charge in [-0.05, 0) is 45.3 Å². The van der Waals surface area contributed by atoms with Crippen LogP contribution in [0.4, 0.5) is 5.95 Å². The number of benzene rings is 2. The van der Waals surface area contributed by atoms with Crippen LogP contribution < -0.4 is 4.90 Å². The predicted molar refractivity (Wildman–Crippen MR) is 121 cm³/mol. The van der Waals surface area contributed by atoms with Crippen molar-refractivity contribution in [1.29, 1.82) is 0 Å². The fourth-order valence-electron chi connectivity index (χ4n) is 3.71. The Kier molecular flexibility index (Phi) is 4.74. The van der Waals surface area contributed by atoms with E-state index in [1.807, 2.05) is 36.7 Å². The molecule has 0 atom stereocenters. The monoisotopic (exact) mass is 442 g/mol. The minimum absolute atomic E-state index is 0.756. The van der Waals surface area contributed by atoms with Crippen LogP contribution in [0, 0.1) is 0 Å². The summed E-state index contributed by atoms with van der Waals surface area (Å²) in [5.74, 6) is 0.879. The maximum atomic E-state index is 4.79. The minimum Gasteiger partial charge on any atom is -0.333 e. The molecule has 0 amide bonds. The number of halogens is 1. The summed E-state index contributed by atoms with van der Waals surface area (Å²) >= 11 is 3.76. The van der Waals surface area contributed by atoms with Gasteiger partial charge >= 0.3 is 0 Å². The molecule has 5 aromatic rings. The fourth-order valence-corrected chi connectivity index (χ4v) is 4.33. The molecule has 4 nitrogen and oxygen atoms in total. The van der Waals surface area contributed by atoms with Crippen molar-refractivity contribution in [2.24, 2.45) is 0 Å². The van der Waals surface area contributed by atoms with Gasteiger partial charge in [0.05, 0.1) is 9.99 Å². The molecule has 0 aliphatic heterocycles. The number of anilines is 1. The van der Waals surface area contributed by atoms with Crippen LogP contribution in [0.25, 0.3) is 16.6 Å². The van der Waals surface area contributed by atoms with E-state index in [4.69, 9.17) is 4.98 Å². The van der Waals surface area contributed by atoms with Crippen molar-refractivity contribution in [1.82, 2.24) is 14.4 Å². The van der Waals surface area contributed by atoms with Crippen LogP contribution in [0.3, 0.4) is 0 Å². The molecular formula is C24H19BrN4. The second-order valence-electron chi connectivity index (χ2n) is 6.98. The Morgan fingerprint density at radius 3 is 2.03 bits per heavy atom. The second-order valence-corrected chi connectivity index (χ2v) is 7.77. The Hall–Kier alpha value is -3.18. The van der Waals surface area contributed by atoms with E-state index in [1.54, 1.807) is 0 Å². The van der Waals surface area contributed by atoms with Crippen LogP contribution >= 0.6 is 15.9 Å². The van der Waals surface area contributed by atoms with Crippen LogP contribution in [0.15, 0.2) is 95.7 Å². The molecular weight excluding hydrogens is 424 g/mol. The van der Waals surface area contributed by atoms with Crippen molar-refractivity contribution >= 4 is 38.4 Å². The highest BCUT2D eigenvalue weighted by Crippen LogP contribution is 2.33. The number of rotatable bonds is 5. The SMILES string of the molecule is Brc1c2cccnc2n2c(N(Cc3ccccc3)Cc3ccccc3)nccc12. The third-order valence-corrected chi connectivity index (χ3v) is 5.87. The van der Waals surface area contributed by atoms with E-state index in [0.29, 0.717) is 0 Å². The molecule has 0 spiro atoms. The number of fused-ring (bicyclic) bond motifs is 3. The zero-order valence-corrected chi connectivity index (χ0v) is 17.3. The Balaban J connectivity index is 1.69. The van der Waals surface area contributed by atoms with E-state index < -0.39 is 0 Å². The zero-order chi connectivity index (χ0) is 19.6. The molecule has 29 heavy (non-hydrogen) atoms. The van der Waals surface area contributed by atoms with Crippen LogP contribution in [0.1, 0.15) is 11.1 Å². The first-order valence-electron chi connectivity index (χ1n) is 9.54. The van der Waals surface area contributed by atoms with Gasteiger partial charge < -0.3 is 4.90 Å². The maximum Gasteiger partial charge on any atom is 0.212 e. The number of pyridine rings is 1. The van der Waals surface area contributed by atoms with Crippen molar-refractivity contribution in [3.8, 4) is 0 Å². The fraction of sp³-hybridized carbons (Fsp3) is 0.0833. The topological polar surface area (TPSA) is 33.4 Å². The first-order valence-corrected chi connectivity index (χ1v) is 10.3. The highest BCUT2D eigenvalue weighted by atomic mass is 79.9. The maximum absolute atomic E-state index is 4.79.